The van der Waals surface area contributed by atoms with Crippen molar-refractivity contribution in [2.75, 3.05) is 5.32 Å². The molecule has 0 unspecified atom stereocenters. The Morgan fingerprint density at radius 3 is 2.71 bits per heavy atom. The third-order valence-corrected chi connectivity index (χ3v) is 4.78. The highest BCUT2D eigenvalue weighted by Crippen LogP contribution is 2.21. The minimum Gasteiger partial charge on any atom is -0.349 e. The van der Waals surface area contributed by atoms with Crippen LogP contribution in [-0.4, -0.2) is 22.4 Å². The van der Waals surface area contributed by atoms with Crippen molar-refractivity contribution in [1.82, 2.24) is 9.88 Å². The summed E-state index contributed by atoms with van der Waals surface area (Å²) in [5.74, 6) is -0.391. The molecule has 6 nitrogen and oxygen atoms in total. The van der Waals surface area contributed by atoms with Crippen LogP contribution in [0.1, 0.15) is 35.3 Å². The van der Waals surface area contributed by atoms with E-state index >= 15 is 0 Å². The number of nitrogens with zero attached hydrogens (tertiary/aromatic N) is 1. The van der Waals surface area contributed by atoms with Gasteiger partial charge in [0.15, 0.2) is 0 Å². The summed E-state index contributed by atoms with van der Waals surface area (Å²) in [4.78, 5) is 36.0. The molecule has 1 aliphatic rings. The molecule has 1 aliphatic carbocycles. The predicted molar refractivity (Wildman–Crippen MR) is 93.5 cm³/mol. The summed E-state index contributed by atoms with van der Waals surface area (Å²) in [6.07, 6.45) is 2.19. The van der Waals surface area contributed by atoms with Crippen LogP contribution < -0.4 is 15.5 Å². The predicted octanol–water partition coefficient (Wildman–Crippen LogP) is 2.14. The lowest BCUT2D eigenvalue weighted by molar-refractivity contribution is -0.116. The van der Waals surface area contributed by atoms with Gasteiger partial charge in [0.2, 0.25) is 5.91 Å². The Kier molecular flexibility index (Phi) is 4.80. The van der Waals surface area contributed by atoms with Crippen molar-refractivity contribution in [2.45, 2.75) is 38.8 Å². The van der Waals surface area contributed by atoms with Gasteiger partial charge in [-0.25, -0.2) is 0 Å². The summed E-state index contributed by atoms with van der Waals surface area (Å²) in [6, 6.07) is 7.21. The van der Waals surface area contributed by atoms with Gasteiger partial charge in [0, 0.05) is 30.1 Å². The number of anilines is 1. The van der Waals surface area contributed by atoms with E-state index in [0.717, 1.165) is 29.9 Å². The van der Waals surface area contributed by atoms with Crippen LogP contribution in [0.2, 0.25) is 0 Å². The van der Waals surface area contributed by atoms with Gasteiger partial charge in [0.05, 0.1) is 11.3 Å². The molecule has 2 aromatic rings. The maximum atomic E-state index is 12.2. The van der Waals surface area contributed by atoms with Gasteiger partial charge in [-0.05, 0) is 31.9 Å². The van der Waals surface area contributed by atoms with E-state index in [1.807, 2.05) is 6.92 Å². The van der Waals surface area contributed by atoms with E-state index in [2.05, 4.69) is 10.6 Å². The number of carbonyl (C=O) groups is 2. The molecule has 24 heavy (non-hydrogen) atoms. The van der Waals surface area contributed by atoms with Gasteiger partial charge in [-0.3, -0.25) is 14.4 Å². The quantitative estimate of drug-likeness (QED) is 0.842. The molecule has 0 aliphatic heterocycles. The molecule has 0 saturated heterocycles. The second-order valence-electron chi connectivity index (χ2n) is 5.89. The van der Waals surface area contributed by atoms with Crippen LogP contribution >= 0.6 is 11.3 Å². The maximum absolute atomic E-state index is 12.2. The van der Waals surface area contributed by atoms with Gasteiger partial charge in [-0.2, -0.15) is 0 Å². The molecule has 1 aromatic heterocycles. The summed E-state index contributed by atoms with van der Waals surface area (Å²) >= 11 is 1.13. The Balaban J connectivity index is 1.63. The van der Waals surface area contributed by atoms with Crippen molar-refractivity contribution < 1.29 is 9.59 Å². The van der Waals surface area contributed by atoms with Crippen molar-refractivity contribution in [3.8, 4) is 0 Å². The fraction of sp³-hybridized carbons (Fsp3) is 0.353. The minimum absolute atomic E-state index is 0.0653. The van der Waals surface area contributed by atoms with E-state index < -0.39 is 0 Å². The van der Waals surface area contributed by atoms with E-state index in [4.69, 9.17) is 0 Å². The van der Waals surface area contributed by atoms with Crippen LogP contribution in [0.4, 0.5) is 5.69 Å². The van der Waals surface area contributed by atoms with Crippen LogP contribution in [0.5, 0.6) is 0 Å². The third-order valence-electron chi connectivity index (χ3n) is 3.90. The number of nitrogens with one attached hydrogen (secondary N) is 2. The molecule has 2 N–H and O–H groups in total. The first-order valence-electron chi connectivity index (χ1n) is 7.89. The van der Waals surface area contributed by atoms with E-state index in [1.54, 1.807) is 34.2 Å². The number of rotatable bonds is 6. The Labute approximate surface area is 143 Å². The molecular formula is C17H19N3O3S. The Morgan fingerprint density at radius 2 is 2.04 bits per heavy atom. The average molecular weight is 345 g/mol. The number of carbonyl (C=O) groups excluding carboxylic acids is 2. The minimum atomic E-state index is -0.223. The molecule has 126 valence electrons. The molecular weight excluding hydrogens is 326 g/mol. The fourth-order valence-electron chi connectivity index (χ4n) is 2.38. The van der Waals surface area contributed by atoms with E-state index in [1.165, 1.54) is 0 Å². The van der Waals surface area contributed by atoms with E-state index in [-0.39, 0.29) is 29.1 Å². The first kappa shape index (κ1) is 16.4. The standard InChI is InChI=1S/C17H19N3O3S/c1-11-10-24-17(23)20(11)9-8-15(21)19-14-5-3-2-4-13(14)16(22)18-12-6-7-12/h2-5,10,12H,6-9H2,1H3,(H,18,22)(H,19,21). The second-order valence-corrected chi connectivity index (χ2v) is 6.71. The van der Waals surface area contributed by atoms with Crippen molar-refractivity contribution in [3.63, 3.8) is 0 Å². The van der Waals surface area contributed by atoms with Crippen LogP contribution in [0.15, 0.2) is 34.4 Å². The van der Waals surface area contributed by atoms with Crippen LogP contribution in [0.3, 0.4) is 0 Å². The first-order chi connectivity index (χ1) is 11.5. The molecule has 0 spiro atoms. The Hall–Kier alpha value is -2.41. The second kappa shape index (κ2) is 7.00. The highest BCUT2D eigenvalue weighted by atomic mass is 32.1. The van der Waals surface area contributed by atoms with Crippen LogP contribution in [0, 0.1) is 6.92 Å². The van der Waals surface area contributed by atoms with Crippen LogP contribution in [0.25, 0.3) is 0 Å². The van der Waals surface area contributed by atoms with Gasteiger partial charge in [-0.1, -0.05) is 23.5 Å². The Bertz CT molecular complexity index is 820. The summed E-state index contributed by atoms with van der Waals surface area (Å²) < 4.78 is 1.58. The fourth-order valence-corrected chi connectivity index (χ4v) is 3.14. The van der Waals surface area contributed by atoms with Gasteiger partial charge in [-0.15, -0.1) is 0 Å². The monoisotopic (exact) mass is 345 g/mol. The normalized spacial score (nSPS) is 13.5. The third kappa shape index (κ3) is 3.91. The smallest absolute Gasteiger partial charge is 0.307 e. The summed E-state index contributed by atoms with van der Waals surface area (Å²) in [5, 5.41) is 7.47. The molecule has 1 saturated carbocycles. The summed E-state index contributed by atoms with van der Waals surface area (Å²) in [6.45, 7) is 2.17. The summed E-state index contributed by atoms with van der Waals surface area (Å²) in [5.41, 5.74) is 1.80. The maximum Gasteiger partial charge on any atom is 0.307 e. The SMILES string of the molecule is Cc1csc(=O)n1CCC(=O)Nc1ccccc1C(=O)NC1CC1. The number of aromatic nitrogens is 1. The first-order valence-corrected chi connectivity index (χ1v) is 8.77. The number of amides is 2. The lowest BCUT2D eigenvalue weighted by Crippen LogP contribution is -2.27. The Morgan fingerprint density at radius 1 is 1.29 bits per heavy atom. The lowest BCUT2D eigenvalue weighted by atomic mass is 10.1. The van der Waals surface area contributed by atoms with Crippen molar-refractivity contribution in [1.29, 1.82) is 0 Å². The van der Waals surface area contributed by atoms with Gasteiger partial charge in [0.25, 0.3) is 5.91 Å². The zero-order valence-electron chi connectivity index (χ0n) is 13.4. The number of benzene rings is 1. The number of thiazole rings is 1. The van der Waals surface area contributed by atoms with Gasteiger partial charge in [0.1, 0.15) is 0 Å². The number of para-hydroxylation sites is 1. The average Bonchev–Trinajstić information content (AvgIpc) is 3.31. The van der Waals surface area contributed by atoms with Gasteiger partial charge >= 0.3 is 4.87 Å². The largest absolute Gasteiger partial charge is 0.349 e. The lowest BCUT2D eigenvalue weighted by Gasteiger charge is -2.11. The van der Waals surface area contributed by atoms with Crippen LogP contribution in [-0.2, 0) is 11.3 Å². The number of aryl methyl sites for hydroxylation is 1. The summed E-state index contributed by atoms with van der Waals surface area (Å²) in [7, 11) is 0. The molecule has 0 atom stereocenters. The van der Waals surface area contributed by atoms with Crippen molar-refractivity contribution in [3.05, 3.63) is 50.6 Å². The topological polar surface area (TPSA) is 80.2 Å². The van der Waals surface area contributed by atoms with Gasteiger partial charge < -0.3 is 15.2 Å². The van der Waals surface area contributed by atoms with Crippen molar-refractivity contribution in [2.24, 2.45) is 0 Å². The highest BCUT2D eigenvalue weighted by molar-refractivity contribution is 7.07. The molecule has 2 amide bonds. The van der Waals surface area contributed by atoms with E-state index in [9.17, 15) is 14.4 Å². The molecule has 1 aromatic carbocycles. The molecule has 0 bridgehead atoms. The number of hydrogen-bond donors (Lipinski definition) is 2. The zero-order valence-corrected chi connectivity index (χ0v) is 14.2. The van der Waals surface area contributed by atoms with Crippen molar-refractivity contribution >= 4 is 28.8 Å². The highest BCUT2D eigenvalue weighted by Gasteiger charge is 2.25. The zero-order chi connectivity index (χ0) is 17.1. The molecule has 7 heteroatoms. The molecule has 3 rings (SSSR count). The molecule has 1 fully saturated rings. The molecule has 1 heterocycles. The number of hydrogen-bond acceptors (Lipinski definition) is 4. The molecule has 0 radical (unpaired) electrons. The van der Waals surface area contributed by atoms with E-state index in [0.29, 0.717) is 17.8 Å².